The summed E-state index contributed by atoms with van der Waals surface area (Å²) in [5.41, 5.74) is 7.10. The van der Waals surface area contributed by atoms with Crippen LogP contribution in [0.3, 0.4) is 0 Å². The monoisotopic (exact) mass is 249 g/mol. The molecule has 0 aliphatic rings. The Bertz CT molecular complexity index is 509. The third-order valence-electron chi connectivity index (χ3n) is 2.26. The number of rotatable bonds is 4. The van der Waals surface area contributed by atoms with E-state index in [4.69, 9.17) is 10.8 Å². The lowest BCUT2D eigenvalue weighted by Crippen LogP contribution is -2.24. The summed E-state index contributed by atoms with van der Waals surface area (Å²) in [6.45, 7) is 3.08. The topological polar surface area (TPSA) is 105 Å². The Balaban J connectivity index is 2.84. The van der Waals surface area contributed by atoms with E-state index in [0.717, 1.165) is 11.1 Å². The molecule has 0 spiro atoms. The van der Waals surface area contributed by atoms with Gasteiger partial charge in [0, 0.05) is 13.1 Å². The highest BCUT2D eigenvalue weighted by atomic mass is 16.4. The van der Waals surface area contributed by atoms with E-state index in [2.05, 4.69) is 10.3 Å². The van der Waals surface area contributed by atoms with Crippen LogP contribution in [-0.2, 0) is 16.0 Å². The van der Waals surface area contributed by atoms with E-state index in [-0.39, 0.29) is 5.70 Å². The number of carboxylic acids is 1. The van der Waals surface area contributed by atoms with Crippen molar-refractivity contribution in [2.24, 2.45) is 0 Å². The molecule has 0 atom stereocenters. The second-order valence-electron chi connectivity index (χ2n) is 3.85. The van der Waals surface area contributed by atoms with Gasteiger partial charge in [-0.25, -0.2) is 9.78 Å². The minimum Gasteiger partial charge on any atom is -0.477 e. The van der Waals surface area contributed by atoms with E-state index < -0.39 is 11.9 Å². The number of anilines is 1. The zero-order valence-electron chi connectivity index (χ0n) is 10.2. The van der Waals surface area contributed by atoms with Gasteiger partial charge in [0.1, 0.15) is 11.5 Å². The molecule has 0 unspecified atom stereocenters. The number of nitrogens with zero attached hydrogens (tertiary/aromatic N) is 1. The molecule has 6 heteroatoms. The minimum atomic E-state index is -1.18. The summed E-state index contributed by atoms with van der Waals surface area (Å²) in [6, 6.07) is 1.83. The maximum Gasteiger partial charge on any atom is 0.352 e. The largest absolute Gasteiger partial charge is 0.477 e. The van der Waals surface area contributed by atoms with Gasteiger partial charge in [0.15, 0.2) is 0 Å². The first kappa shape index (κ1) is 13.7. The van der Waals surface area contributed by atoms with Gasteiger partial charge in [-0.05, 0) is 30.5 Å². The first-order valence-electron chi connectivity index (χ1n) is 5.32. The fraction of sp³-hybridized carbons (Fsp3) is 0.250. The molecular formula is C12H15N3O3. The second kappa shape index (κ2) is 5.81. The van der Waals surface area contributed by atoms with Crippen molar-refractivity contribution in [2.75, 3.05) is 5.73 Å². The van der Waals surface area contributed by atoms with E-state index in [1.807, 2.05) is 13.0 Å². The van der Waals surface area contributed by atoms with Crippen LogP contribution in [-0.4, -0.2) is 22.0 Å². The molecular weight excluding hydrogens is 234 g/mol. The summed E-state index contributed by atoms with van der Waals surface area (Å²) in [7, 11) is 0. The molecule has 1 amide bonds. The molecule has 0 saturated heterocycles. The Labute approximate surface area is 105 Å². The maximum absolute atomic E-state index is 10.9. The molecule has 0 aliphatic heterocycles. The fourth-order valence-electron chi connectivity index (χ4n) is 1.36. The number of amides is 1. The number of carbonyl (C=O) groups is 2. The van der Waals surface area contributed by atoms with E-state index in [1.54, 1.807) is 6.20 Å². The van der Waals surface area contributed by atoms with E-state index >= 15 is 0 Å². The summed E-state index contributed by atoms with van der Waals surface area (Å²) in [5, 5.41) is 11.1. The summed E-state index contributed by atoms with van der Waals surface area (Å²) in [4.78, 5) is 25.7. The normalized spacial score (nSPS) is 11.1. The number of nitrogen functional groups attached to an aromatic ring is 1. The number of pyridine rings is 1. The summed E-state index contributed by atoms with van der Waals surface area (Å²) < 4.78 is 0. The number of aliphatic carboxylic acids is 1. The molecule has 1 aromatic rings. The molecule has 0 bridgehead atoms. The Kier molecular flexibility index (Phi) is 4.42. The van der Waals surface area contributed by atoms with Crippen molar-refractivity contribution < 1.29 is 14.7 Å². The van der Waals surface area contributed by atoms with Crippen molar-refractivity contribution in [3.63, 3.8) is 0 Å². The van der Waals surface area contributed by atoms with Crippen molar-refractivity contribution in [2.45, 2.75) is 20.3 Å². The smallest absolute Gasteiger partial charge is 0.352 e. The summed E-state index contributed by atoms with van der Waals surface area (Å²) in [6.07, 6.45) is 3.36. The molecule has 96 valence electrons. The summed E-state index contributed by atoms with van der Waals surface area (Å²) >= 11 is 0. The molecule has 0 saturated carbocycles. The van der Waals surface area contributed by atoms with E-state index in [9.17, 15) is 9.59 Å². The molecule has 0 aromatic carbocycles. The lowest BCUT2D eigenvalue weighted by atomic mass is 10.1. The molecule has 0 aliphatic carbocycles. The van der Waals surface area contributed by atoms with Crippen LogP contribution in [0.25, 0.3) is 0 Å². The predicted molar refractivity (Wildman–Crippen MR) is 66.6 cm³/mol. The van der Waals surface area contributed by atoms with Crippen LogP contribution in [0.2, 0.25) is 0 Å². The number of carbonyl (C=O) groups excluding carboxylic acids is 1. The molecule has 1 aromatic heterocycles. The molecule has 4 N–H and O–H groups in total. The lowest BCUT2D eigenvalue weighted by molar-refractivity contribution is -0.134. The van der Waals surface area contributed by atoms with E-state index in [0.29, 0.717) is 12.2 Å². The number of nitrogens with two attached hydrogens (primary N) is 1. The molecule has 0 radical (unpaired) electrons. The van der Waals surface area contributed by atoms with Gasteiger partial charge >= 0.3 is 5.97 Å². The Morgan fingerprint density at radius 3 is 2.72 bits per heavy atom. The number of carboxylic acid groups (broad SMARTS) is 1. The van der Waals surface area contributed by atoms with Gasteiger partial charge in [-0.3, -0.25) is 4.79 Å². The van der Waals surface area contributed by atoms with Gasteiger partial charge < -0.3 is 16.2 Å². The highest BCUT2D eigenvalue weighted by Crippen LogP contribution is 2.10. The van der Waals surface area contributed by atoms with Crippen LogP contribution in [0.4, 0.5) is 5.82 Å². The number of nitrogens with one attached hydrogen (secondary N) is 1. The van der Waals surface area contributed by atoms with Crippen LogP contribution >= 0.6 is 0 Å². The van der Waals surface area contributed by atoms with Crippen LogP contribution in [0.1, 0.15) is 18.1 Å². The Hall–Kier alpha value is -2.37. The van der Waals surface area contributed by atoms with E-state index in [1.165, 1.54) is 13.0 Å². The highest BCUT2D eigenvalue weighted by Gasteiger charge is 2.08. The van der Waals surface area contributed by atoms with Crippen LogP contribution in [0.15, 0.2) is 24.0 Å². The third-order valence-corrected chi connectivity index (χ3v) is 2.26. The van der Waals surface area contributed by atoms with Gasteiger partial charge in [0.05, 0.1) is 0 Å². The summed E-state index contributed by atoms with van der Waals surface area (Å²) in [5.74, 6) is -1.15. The maximum atomic E-state index is 10.9. The van der Waals surface area contributed by atoms with Crippen molar-refractivity contribution in [1.29, 1.82) is 0 Å². The van der Waals surface area contributed by atoms with Crippen LogP contribution in [0.5, 0.6) is 0 Å². The number of hydrogen-bond acceptors (Lipinski definition) is 4. The number of hydrogen-bond donors (Lipinski definition) is 3. The van der Waals surface area contributed by atoms with Gasteiger partial charge in [0.25, 0.3) is 0 Å². The molecule has 1 heterocycles. The average molecular weight is 249 g/mol. The quantitative estimate of drug-likeness (QED) is 0.678. The number of aromatic nitrogens is 1. The highest BCUT2D eigenvalue weighted by molar-refractivity contribution is 5.91. The zero-order valence-corrected chi connectivity index (χ0v) is 10.2. The number of aryl methyl sites for hydroxylation is 1. The van der Waals surface area contributed by atoms with Gasteiger partial charge in [-0.15, -0.1) is 0 Å². The molecule has 0 fully saturated rings. The third kappa shape index (κ3) is 3.89. The molecule has 18 heavy (non-hydrogen) atoms. The van der Waals surface area contributed by atoms with Crippen molar-refractivity contribution in [1.82, 2.24) is 10.3 Å². The Morgan fingerprint density at radius 2 is 2.22 bits per heavy atom. The van der Waals surface area contributed by atoms with Crippen LogP contribution < -0.4 is 11.1 Å². The van der Waals surface area contributed by atoms with Crippen molar-refractivity contribution >= 4 is 17.7 Å². The molecule has 1 rings (SSSR count). The second-order valence-corrected chi connectivity index (χ2v) is 3.85. The minimum absolute atomic E-state index is 0.142. The Morgan fingerprint density at radius 1 is 1.56 bits per heavy atom. The fourth-order valence-corrected chi connectivity index (χ4v) is 1.36. The number of allylic oxidation sites excluding steroid dienone is 1. The standard InChI is InChI=1S/C12H15N3O3/c1-7-5-9(6-14-11(7)13)3-4-10(12(17)18)15-8(2)16/h4-6H,3H2,1-2H3,(H2,13,14)(H,15,16)(H,17,18)/b10-4+. The van der Waals surface area contributed by atoms with Gasteiger partial charge in [-0.1, -0.05) is 6.07 Å². The van der Waals surface area contributed by atoms with Crippen molar-refractivity contribution in [3.8, 4) is 0 Å². The zero-order chi connectivity index (χ0) is 13.7. The van der Waals surface area contributed by atoms with Gasteiger partial charge in [0.2, 0.25) is 5.91 Å². The average Bonchev–Trinajstić information content (AvgIpc) is 2.28. The van der Waals surface area contributed by atoms with Crippen LogP contribution in [0, 0.1) is 6.92 Å². The van der Waals surface area contributed by atoms with Crippen molar-refractivity contribution in [3.05, 3.63) is 35.2 Å². The molecule has 6 nitrogen and oxygen atoms in total. The lowest BCUT2D eigenvalue weighted by Gasteiger charge is -2.04. The predicted octanol–water partition coefficient (Wildman–Crippen LogP) is 0.619. The van der Waals surface area contributed by atoms with Gasteiger partial charge in [-0.2, -0.15) is 0 Å². The first-order chi connectivity index (χ1) is 8.40. The SMILES string of the molecule is CC(=O)N/C(=C/Cc1cnc(N)c(C)c1)C(=O)O. The first-order valence-corrected chi connectivity index (χ1v) is 5.32.